The molecule has 3 rings (SSSR count). The maximum Gasteiger partial charge on any atom is 0.334 e. The van der Waals surface area contributed by atoms with Crippen molar-refractivity contribution in [2.75, 3.05) is 0 Å². The summed E-state index contributed by atoms with van der Waals surface area (Å²) in [6.07, 6.45) is 11.8. The Balaban J connectivity index is 1.85. The summed E-state index contributed by atoms with van der Waals surface area (Å²) in [7, 11) is 0. The number of rotatable bonds is 0. The molecule has 0 radical (unpaired) electrons. The van der Waals surface area contributed by atoms with Gasteiger partial charge in [-0.25, -0.2) is 4.79 Å². The van der Waals surface area contributed by atoms with Crippen LogP contribution < -0.4 is 0 Å². The van der Waals surface area contributed by atoms with E-state index < -0.39 is 0 Å². The Labute approximate surface area is 145 Å². The van der Waals surface area contributed by atoms with Gasteiger partial charge in [-0.2, -0.15) is 0 Å². The van der Waals surface area contributed by atoms with Crippen LogP contribution in [0, 0.1) is 5.92 Å². The molecule has 0 amide bonds. The largest absolute Gasteiger partial charge is 0.454 e. The molecule has 2 aliphatic heterocycles. The van der Waals surface area contributed by atoms with E-state index in [0.29, 0.717) is 5.57 Å². The van der Waals surface area contributed by atoms with Crippen molar-refractivity contribution in [1.29, 1.82) is 0 Å². The van der Waals surface area contributed by atoms with Crippen LogP contribution in [0.4, 0.5) is 0 Å². The number of hydrogen-bond donors (Lipinski definition) is 0. The van der Waals surface area contributed by atoms with E-state index in [-0.39, 0.29) is 30.2 Å². The van der Waals surface area contributed by atoms with Crippen LogP contribution in [-0.2, 0) is 14.3 Å². The second-order valence-corrected chi connectivity index (χ2v) is 7.40. The third-order valence-corrected chi connectivity index (χ3v) is 5.40. The Hall–Kier alpha value is -1.61. The topological polar surface area (TPSA) is 35.5 Å². The second-order valence-electron chi connectivity index (χ2n) is 7.40. The molecule has 4 unspecified atom stereocenters. The summed E-state index contributed by atoms with van der Waals surface area (Å²) in [6, 6.07) is 0. The van der Waals surface area contributed by atoms with Crippen LogP contribution in [0.2, 0.25) is 0 Å². The molecule has 1 saturated heterocycles. The lowest BCUT2D eigenvalue weighted by atomic mass is 9.89. The monoisotopic (exact) mass is 328 g/mol. The quantitative estimate of drug-likeness (QED) is 0.369. The van der Waals surface area contributed by atoms with Crippen molar-refractivity contribution in [2.24, 2.45) is 5.92 Å². The molecule has 0 spiro atoms. The fourth-order valence-corrected chi connectivity index (χ4v) is 3.91. The molecule has 1 fully saturated rings. The van der Waals surface area contributed by atoms with Gasteiger partial charge in [-0.15, -0.1) is 0 Å². The minimum Gasteiger partial charge on any atom is -0.454 e. The smallest absolute Gasteiger partial charge is 0.334 e. The van der Waals surface area contributed by atoms with Crippen molar-refractivity contribution >= 4 is 5.97 Å². The lowest BCUT2D eigenvalue weighted by molar-refractivity contribution is -0.137. The molecule has 0 saturated carbocycles. The molecular weight excluding hydrogens is 300 g/mol. The average molecular weight is 328 g/mol. The van der Waals surface area contributed by atoms with Gasteiger partial charge >= 0.3 is 5.97 Å². The maximum atomic E-state index is 11.9. The number of carbonyl (C=O) groups is 1. The van der Waals surface area contributed by atoms with E-state index in [9.17, 15) is 4.79 Å². The Bertz CT molecular complexity index is 623. The van der Waals surface area contributed by atoms with Crippen LogP contribution in [0.25, 0.3) is 0 Å². The number of esters is 1. The highest BCUT2D eigenvalue weighted by Crippen LogP contribution is 2.34. The first-order valence-electron chi connectivity index (χ1n) is 9.03. The highest BCUT2D eigenvalue weighted by molar-refractivity contribution is 5.91. The Morgan fingerprint density at radius 3 is 2.75 bits per heavy atom. The van der Waals surface area contributed by atoms with Crippen LogP contribution >= 0.6 is 0 Å². The fraction of sp³-hybridized carbons (Fsp3) is 0.571. The fourth-order valence-electron chi connectivity index (χ4n) is 3.91. The molecular formula is C21H28O3. The third-order valence-electron chi connectivity index (χ3n) is 5.40. The molecule has 3 nitrogen and oxygen atoms in total. The zero-order valence-corrected chi connectivity index (χ0v) is 15.0. The highest BCUT2D eigenvalue weighted by Gasteiger charge is 2.37. The van der Waals surface area contributed by atoms with Gasteiger partial charge in [0.05, 0.1) is 12.2 Å². The molecule has 4 atom stereocenters. The van der Waals surface area contributed by atoms with E-state index >= 15 is 0 Å². The summed E-state index contributed by atoms with van der Waals surface area (Å²) in [6.45, 7) is 10.4. The second kappa shape index (κ2) is 7.10. The number of fused-ring (bicyclic) bond motifs is 2. The van der Waals surface area contributed by atoms with Gasteiger partial charge in [0.15, 0.2) is 0 Å². The first kappa shape index (κ1) is 17.2. The molecule has 2 heterocycles. The molecule has 130 valence electrons. The van der Waals surface area contributed by atoms with Gasteiger partial charge in [0.25, 0.3) is 0 Å². The third kappa shape index (κ3) is 3.72. The zero-order chi connectivity index (χ0) is 17.3. The van der Waals surface area contributed by atoms with Gasteiger partial charge in [0, 0.05) is 11.5 Å². The number of ether oxygens (including phenoxy) is 2. The van der Waals surface area contributed by atoms with Gasteiger partial charge < -0.3 is 9.47 Å². The summed E-state index contributed by atoms with van der Waals surface area (Å²) in [5.41, 5.74) is 4.62. The summed E-state index contributed by atoms with van der Waals surface area (Å²) in [5.74, 6) is -0.152. The molecule has 0 aromatic heterocycles. The van der Waals surface area contributed by atoms with Crippen molar-refractivity contribution in [3.8, 4) is 0 Å². The summed E-state index contributed by atoms with van der Waals surface area (Å²) in [5, 5.41) is 0. The average Bonchev–Trinajstić information content (AvgIpc) is 2.97. The van der Waals surface area contributed by atoms with Crippen molar-refractivity contribution in [3.05, 3.63) is 47.1 Å². The van der Waals surface area contributed by atoms with Crippen LogP contribution in [0.5, 0.6) is 0 Å². The Morgan fingerprint density at radius 1 is 1.17 bits per heavy atom. The predicted octanol–water partition coefficient (Wildman–Crippen LogP) is 4.65. The van der Waals surface area contributed by atoms with E-state index in [1.165, 1.54) is 16.7 Å². The van der Waals surface area contributed by atoms with Gasteiger partial charge in [-0.3, -0.25) is 0 Å². The van der Waals surface area contributed by atoms with Gasteiger partial charge in [-0.1, -0.05) is 29.9 Å². The Morgan fingerprint density at radius 2 is 1.96 bits per heavy atom. The van der Waals surface area contributed by atoms with E-state index in [1.54, 1.807) is 0 Å². The van der Waals surface area contributed by atoms with Crippen molar-refractivity contribution < 1.29 is 14.3 Å². The molecule has 2 bridgehead atoms. The zero-order valence-electron chi connectivity index (χ0n) is 15.0. The van der Waals surface area contributed by atoms with Crippen molar-refractivity contribution in [2.45, 2.75) is 71.2 Å². The van der Waals surface area contributed by atoms with E-state index in [4.69, 9.17) is 9.47 Å². The summed E-state index contributed by atoms with van der Waals surface area (Å²) >= 11 is 0. The minimum atomic E-state index is -0.243. The molecule has 1 aliphatic carbocycles. The van der Waals surface area contributed by atoms with Crippen LogP contribution in [0.3, 0.4) is 0 Å². The van der Waals surface area contributed by atoms with E-state index in [0.717, 1.165) is 32.1 Å². The normalized spacial score (nSPS) is 39.0. The molecule has 0 N–H and O–H groups in total. The van der Waals surface area contributed by atoms with E-state index in [1.807, 2.05) is 0 Å². The van der Waals surface area contributed by atoms with Crippen molar-refractivity contribution in [1.82, 2.24) is 0 Å². The summed E-state index contributed by atoms with van der Waals surface area (Å²) in [4.78, 5) is 11.9. The molecule has 24 heavy (non-hydrogen) atoms. The predicted molar refractivity (Wildman–Crippen MR) is 95.5 cm³/mol. The highest BCUT2D eigenvalue weighted by atomic mass is 16.6. The molecule has 3 heteroatoms. The number of hydrogen-bond acceptors (Lipinski definition) is 3. The SMILES string of the molecule is C=C1C(=O)OC2/C=C(\C)CC3C=C(CC/C=C(\C)CCC12)C(C)O3. The molecule has 0 aromatic rings. The summed E-state index contributed by atoms with van der Waals surface area (Å²) < 4.78 is 11.6. The van der Waals surface area contributed by atoms with Gasteiger partial charge in [-0.05, 0) is 64.5 Å². The maximum absolute atomic E-state index is 11.9. The van der Waals surface area contributed by atoms with Crippen molar-refractivity contribution in [3.63, 3.8) is 0 Å². The van der Waals surface area contributed by atoms with Gasteiger partial charge in [0.1, 0.15) is 6.10 Å². The standard InChI is InChI=1S/C21H28O3/c1-13-6-5-7-17-12-18(23-16(17)4)10-14(2)11-20-19(9-8-13)15(3)21(22)24-20/h6,11-12,16,18-20H,3,5,7-10H2,1-2,4H3/b13-6+,14-11+. The lowest BCUT2D eigenvalue weighted by Gasteiger charge is -2.17. The van der Waals surface area contributed by atoms with Crippen LogP contribution in [0.15, 0.2) is 47.1 Å². The van der Waals surface area contributed by atoms with Gasteiger partial charge in [0.2, 0.25) is 0 Å². The molecule has 0 aromatic carbocycles. The van der Waals surface area contributed by atoms with Crippen LogP contribution in [0.1, 0.15) is 52.9 Å². The number of allylic oxidation sites excluding steroid dienone is 2. The number of carbonyl (C=O) groups excluding carboxylic acids is 1. The molecule has 3 aliphatic rings. The minimum absolute atomic E-state index is 0.0910. The first-order chi connectivity index (χ1) is 11.4. The first-order valence-corrected chi connectivity index (χ1v) is 9.03. The Kier molecular flexibility index (Phi) is 5.09. The van der Waals surface area contributed by atoms with Crippen LogP contribution in [-0.4, -0.2) is 24.3 Å². The van der Waals surface area contributed by atoms with E-state index in [2.05, 4.69) is 45.6 Å². The lowest BCUT2D eigenvalue weighted by Crippen LogP contribution is -2.16.